The van der Waals surface area contributed by atoms with Gasteiger partial charge in [0.25, 0.3) is 5.91 Å². The number of imide groups is 1. The van der Waals surface area contributed by atoms with Gasteiger partial charge in [0.15, 0.2) is 0 Å². The van der Waals surface area contributed by atoms with Crippen LogP contribution in [0.3, 0.4) is 0 Å². The molecule has 0 radical (unpaired) electrons. The van der Waals surface area contributed by atoms with Gasteiger partial charge in [-0.2, -0.15) is 0 Å². The predicted octanol–water partition coefficient (Wildman–Crippen LogP) is 2.49. The zero-order valence-corrected chi connectivity index (χ0v) is 15.1. The monoisotopic (exact) mass is 347 g/mol. The summed E-state index contributed by atoms with van der Waals surface area (Å²) in [5.74, 6) is -0.376. The van der Waals surface area contributed by atoms with Gasteiger partial charge in [-0.3, -0.25) is 14.5 Å². The summed E-state index contributed by atoms with van der Waals surface area (Å²) in [7, 11) is 0. The molecule has 3 aliphatic rings. The summed E-state index contributed by atoms with van der Waals surface area (Å²) in [5, 5.41) is 5.73. The quantitative estimate of drug-likeness (QED) is 0.592. The Morgan fingerprint density at radius 1 is 1.32 bits per heavy atom. The minimum Gasteiger partial charge on any atom is -0.354 e. The number of nitrogens with zero attached hydrogens (tertiary/aromatic N) is 1. The van der Waals surface area contributed by atoms with Gasteiger partial charge in [0.1, 0.15) is 12.1 Å². The number of carbonyl (C=O) groups is 3. The van der Waals surface area contributed by atoms with Crippen molar-refractivity contribution < 1.29 is 14.4 Å². The highest BCUT2D eigenvalue weighted by molar-refractivity contribution is 6.09. The molecule has 6 nitrogen and oxygen atoms in total. The Kier molecular flexibility index (Phi) is 5.45. The van der Waals surface area contributed by atoms with Gasteiger partial charge in [-0.05, 0) is 50.9 Å². The fourth-order valence-electron chi connectivity index (χ4n) is 4.33. The highest BCUT2D eigenvalue weighted by Crippen LogP contribution is 2.38. The Hall–Kier alpha value is -1.85. The van der Waals surface area contributed by atoms with Crippen LogP contribution in [0.5, 0.6) is 0 Å². The van der Waals surface area contributed by atoms with Crippen LogP contribution in [0, 0.1) is 5.92 Å². The van der Waals surface area contributed by atoms with E-state index < -0.39 is 11.6 Å². The van der Waals surface area contributed by atoms with Gasteiger partial charge in [-0.1, -0.05) is 31.4 Å². The van der Waals surface area contributed by atoms with Crippen molar-refractivity contribution in [1.29, 1.82) is 0 Å². The Balaban J connectivity index is 1.51. The summed E-state index contributed by atoms with van der Waals surface area (Å²) < 4.78 is 0. The largest absolute Gasteiger partial charge is 0.354 e. The highest BCUT2D eigenvalue weighted by atomic mass is 16.2. The maximum absolute atomic E-state index is 12.8. The van der Waals surface area contributed by atoms with Crippen molar-refractivity contribution in [2.24, 2.45) is 5.92 Å². The summed E-state index contributed by atoms with van der Waals surface area (Å²) in [5.41, 5.74) is 0.610. The van der Waals surface area contributed by atoms with E-state index in [-0.39, 0.29) is 24.3 Å². The number of carbonyl (C=O) groups excluding carboxylic acids is 3. The molecule has 0 aromatic carbocycles. The van der Waals surface area contributed by atoms with E-state index in [0.29, 0.717) is 13.0 Å². The van der Waals surface area contributed by atoms with Crippen LogP contribution in [0.15, 0.2) is 11.6 Å². The Morgan fingerprint density at radius 2 is 2.16 bits per heavy atom. The summed E-state index contributed by atoms with van der Waals surface area (Å²) in [6.07, 6.45) is 11.5. The van der Waals surface area contributed by atoms with Crippen LogP contribution in [0.1, 0.15) is 64.7 Å². The summed E-state index contributed by atoms with van der Waals surface area (Å²) in [6, 6.07) is -0.427. The predicted molar refractivity (Wildman–Crippen MR) is 94.8 cm³/mol. The molecule has 4 amide bonds. The minimum absolute atomic E-state index is 0.115. The molecule has 0 aromatic rings. The Morgan fingerprint density at radius 3 is 2.88 bits per heavy atom. The third-order valence-corrected chi connectivity index (χ3v) is 5.96. The average molecular weight is 347 g/mol. The molecule has 1 saturated carbocycles. The molecule has 1 heterocycles. The molecular formula is C19H29N3O3. The van der Waals surface area contributed by atoms with Crippen molar-refractivity contribution in [2.75, 3.05) is 13.1 Å². The van der Waals surface area contributed by atoms with Crippen LogP contribution in [0.2, 0.25) is 0 Å². The van der Waals surface area contributed by atoms with Crippen molar-refractivity contribution in [1.82, 2.24) is 15.5 Å². The first kappa shape index (κ1) is 18.0. The van der Waals surface area contributed by atoms with E-state index in [1.54, 1.807) is 0 Å². The zero-order chi connectivity index (χ0) is 17.9. The van der Waals surface area contributed by atoms with E-state index in [4.69, 9.17) is 0 Å². The number of hydrogen-bond acceptors (Lipinski definition) is 3. The fraction of sp³-hybridized carbons (Fsp3) is 0.737. The van der Waals surface area contributed by atoms with Crippen LogP contribution in [-0.2, 0) is 9.59 Å². The smallest absolute Gasteiger partial charge is 0.325 e. The van der Waals surface area contributed by atoms with Crippen LogP contribution in [-0.4, -0.2) is 41.4 Å². The summed E-state index contributed by atoms with van der Waals surface area (Å²) in [6.45, 7) is 2.40. The Bertz CT molecular complexity index is 586. The van der Waals surface area contributed by atoms with Crippen LogP contribution >= 0.6 is 0 Å². The molecule has 2 N–H and O–H groups in total. The summed E-state index contributed by atoms with van der Waals surface area (Å²) in [4.78, 5) is 38.4. The number of allylic oxidation sites excluding steroid dienone is 1. The molecule has 0 aromatic heterocycles. The molecule has 138 valence electrons. The van der Waals surface area contributed by atoms with Crippen LogP contribution in [0.25, 0.3) is 0 Å². The standard InChI is InChI=1S/C19H29N3O3/c1-14-7-5-6-11-19(14)17(24)22(18(25)21-19)13-16(23)20-12-10-15-8-3-2-4-9-15/h8,14H,2-7,9-13H2,1H3,(H,20,23)(H,21,25)/t14-,19+/m1/s1. The Labute approximate surface area is 149 Å². The first-order chi connectivity index (χ1) is 12.0. The highest BCUT2D eigenvalue weighted by Gasteiger charge is 2.55. The van der Waals surface area contributed by atoms with E-state index >= 15 is 0 Å². The van der Waals surface area contributed by atoms with Crippen molar-refractivity contribution in [3.05, 3.63) is 11.6 Å². The van der Waals surface area contributed by atoms with E-state index in [0.717, 1.165) is 43.4 Å². The lowest BCUT2D eigenvalue weighted by Crippen LogP contribution is -2.54. The zero-order valence-electron chi connectivity index (χ0n) is 15.1. The third-order valence-electron chi connectivity index (χ3n) is 5.96. The number of amides is 4. The van der Waals surface area contributed by atoms with E-state index in [1.807, 2.05) is 6.92 Å². The lowest BCUT2D eigenvalue weighted by atomic mass is 9.73. The second kappa shape index (κ2) is 7.58. The molecule has 0 unspecified atom stereocenters. The number of rotatable bonds is 5. The number of nitrogens with one attached hydrogen (secondary N) is 2. The molecule has 2 aliphatic carbocycles. The van der Waals surface area contributed by atoms with Gasteiger partial charge in [-0.15, -0.1) is 0 Å². The second-order valence-corrected chi connectivity index (χ2v) is 7.65. The van der Waals surface area contributed by atoms with Gasteiger partial charge in [0, 0.05) is 6.54 Å². The summed E-state index contributed by atoms with van der Waals surface area (Å²) >= 11 is 0. The van der Waals surface area contributed by atoms with Crippen LogP contribution < -0.4 is 10.6 Å². The van der Waals surface area contributed by atoms with Crippen molar-refractivity contribution in [3.63, 3.8) is 0 Å². The first-order valence-corrected chi connectivity index (χ1v) is 9.61. The molecule has 2 fully saturated rings. The molecule has 1 saturated heterocycles. The number of urea groups is 1. The van der Waals surface area contributed by atoms with Gasteiger partial charge in [0.05, 0.1) is 0 Å². The SMILES string of the molecule is C[C@@H]1CCCC[C@]12NC(=O)N(CC(=O)NCCC1=CCCCC1)C2=O. The van der Waals surface area contributed by atoms with Gasteiger partial charge in [-0.25, -0.2) is 4.79 Å². The van der Waals surface area contributed by atoms with Crippen LogP contribution in [0.4, 0.5) is 4.79 Å². The molecular weight excluding hydrogens is 318 g/mol. The van der Waals surface area contributed by atoms with Gasteiger partial charge < -0.3 is 10.6 Å². The van der Waals surface area contributed by atoms with Crippen molar-refractivity contribution in [3.8, 4) is 0 Å². The minimum atomic E-state index is -0.789. The molecule has 2 atom stereocenters. The molecule has 6 heteroatoms. The van der Waals surface area contributed by atoms with E-state index in [9.17, 15) is 14.4 Å². The van der Waals surface area contributed by atoms with Gasteiger partial charge in [0.2, 0.25) is 5.91 Å². The van der Waals surface area contributed by atoms with Gasteiger partial charge >= 0.3 is 6.03 Å². The fourth-order valence-corrected chi connectivity index (χ4v) is 4.33. The maximum Gasteiger partial charge on any atom is 0.325 e. The molecule has 0 bridgehead atoms. The molecule has 3 rings (SSSR count). The molecule has 1 aliphatic heterocycles. The lowest BCUT2D eigenvalue weighted by Gasteiger charge is -2.36. The topological polar surface area (TPSA) is 78.5 Å². The van der Waals surface area contributed by atoms with E-state index in [2.05, 4.69) is 16.7 Å². The third kappa shape index (κ3) is 3.72. The number of hydrogen-bond donors (Lipinski definition) is 2. The average Bonchev–Trinajstić information content (AvgIpc) is 2.84. The second-order valence-electron chi connectivity index (χ2n) is 7.65. The maximum atomic E-state index is 12.8. The first-order valence-electron chi connectivity index (χ1n) is 9.61. The molecule has 1 spiro atoms. The van der Waals surface area contributed by atoms with Crippen molar-refractivity contribution >= 4 is 17.8 Å². The lowest BCUT2D eigenvalue weighted by molar-refractivity contribution is -0.137. The van der Waals surface area contributed by atoms with Crippen molar-refractivity contribution in [2.45, 2.75) is 70.3 Å². The normalized spacial score (nSPS) is 29.6. The molecule has 25 heavy (non-hydrogen) atoms. The van der Waals surface area contributed by atoms with E-state index in [1.165, 1.54) is 18.4 Å².